The predicted molar refractivity (Wildman–Crippen MR) is 72.0 cm³/mol. The first-order valence-electron chi connectivity index (χ1n) is 5.67. The molecule has 0 fully saturated rings. The van der Waals surface area contributed by atoms with Gasteiger partial charge in [0.25, 0.3) is 0 Å². The minimum atomic E-state index is -0.0636. The lowest BCUT2D eigenvalue weighted by molar-refractivity contribution is -0.116. The van der Waals surface area contributed by atoms with Crippen molar-refractivity contribution in [3.63, 3.8) is 0 Å². The van der Waals surface area contributed by atoms with Crippen molar-refractivity contribution < 1.29 is 4.79 Å². The van der Waals surface area contributed by atoms with Crippen molar-refractivity contribution in [2.75, 3.05) is 6.54 Å². The average molecular weight is 229 g/mol. The SMILES string of the molecule is CC#CC#CCC=CC=CC(=O)NCC(C)C. The van der Waals surface area contributed by atoms with Gasteiger partial charge in [-0.1, -0.05) is 43.9 Å². The largest absolute Gasteiger partial charge is 0.352 e. The van der Waals surface area contributed by atoms with Crippen molar-refractivity contribution in [2.45, 2.75) is 27.2 Å². The highest BCUT2D eigenvalue weighted by atomic mass is 16.1. The zero-order valence-electron chi connectivity index (χ0n) is 10.7. The molecule has 2 heteroatoms. The molecule has 0 radical (unpaired) electrons. The maximum atomic E-state index is 11.2. The summed E-state index contributed by atoms with van der Waals surface area (Å²) in [7, 11) is 0. The summed E-state index contributed by atoms with van der Waals surface area (Å²) in [6.07, 6.45) is 7.56. The van der Waals surface area contributed by atoms with Crippen LogP contribution in [-0.4, -0.2) is 12.5 Å². The number of amides is 1. The molecule has 0 saturated heterocycles. The highest BCUT2D eigenvalue weighted by Gasteiger charge is 1.95. The third-order valence-corrected chi connectivity index (χ3v) is 1.68. The first-order valence-corrected chi connectivity index (χ1v) is 5.67. The Hall–Kier alpha value is -1.93. The Morgan fingerprint density at radius 2 is 2.06 bits per heavy atom. The van der Waals surface area contributed by atoms with E-state index in [1.54, 1.807) is 13.0 Å². The van der Waals surface area contributed by atoms with Gasteiger partial charge in [-0.05, 0) is 24.7 Å². The zero-order valence-corrected chi connectivity index (χ0v) is 10.7. The Morgan fingerprint density at radius 3 is 2.71 bits per heavy atom. The van der Waals surface area contributed by atoms with E-state index >= 15 is 0 Å². The molecule has 0 aromatic rings. The van der Waals surface area contributed by atoms with Crippen molar-refractivity contribution >= 4 is 5.91 Å². The molecule has 17 heavy (non-hydrogen) atoms. The third-order valence-electron chi connectivity index (χ3n) is 1.68. The third kappa shape index (κ3) is 12.0. The first-order chi connectivity index (χ1) is 8.16. The van der Waals surface area contributed by atoms with Gasteiger partial charge >= 0.3 is 0 Å². The summed E-state index contributed by atoms with van der Waals surface area (Å²) in [6.45, 7) is 6.57. The second-order valence-electron chi connectivity index (χ2n) is 3.81. The highest BCUT2D eigenvalue weighted by Crippen LogP contribution is 1.87. The number of allylic oxidation sites excluding steroid dienone is 3. The summed E-state index contributed by atoms with van der Waals surface area (Å²) in [5, 5.41) is 2.80. The summed E-state index contributed by atoms with van der Waals surface area (Å²) in [6, 6.07) is 0. The molecule has 0 bridgehead atoms. The van der Waals surface area contributed by atoms with E-state index < -0.39 is 0 Å². The summed E-state index contributed by atoms with van der Waals surface area (Å²) >= 11 is 0. The number of nitrogens with one attached hydrogen (secondary N) is 1. The minimum Gasteiger partial charge on any atom is -0.352 e. The van der Waals surface area contributed by atoms with E-state index in [1.165, 1.54) is 6.08 Å². The fourth-order valence-electron chi connectivity index (χ4n) is 0.870. The van der Waals surface area contributed by atoms with Gasteiger partial charge in [0.05, 0.1) is 0 Å². The van der Waals surface area contributed by atoms with Gasteiger partial charge in [-0.3, -0.25) is 4.79 Å². The lowest BCUT2D eigenvalue weighted by atomic mass is 10.2. The monoisotopic (exact) mass is 229 g/mol. The number of carbonyl (C=O) groups excluding carboxylic acids is 1. The summed E-state index contributed by atoms with van der Waals surface area (Å²) in [4.78, 5) is 11.2. The van der Waals surface area contributed by atoms with E-state index in [0.29, 0.717) is 18.9 Å². The van der Waals surface area contributed by atoms with E-state index in [0.717, 1.165) is 0 Å². The van der Waals surface area contributed by atoms with Gasteiger partial charge in [0.1, 0.15) is 0 Å². The first kappa shape index (κ1) is 15.1. The molecule has 0 aromatic carbocycles. The molecule has 0 aliphatic rings. The molecule has 0 atom stereocenters. The Labute approximate surface area is 104 Å². The molecular weight excluding hydrogens is 210 g/mol. The molecule has 0 heterocycles. The number of carbonyl (C=O) groups is 1. The van der Waals surface area contributed by atoms with Crippen LogP contribution in [0.4, 0.5) is 0 Å². The lowest BCUT2D eigenvalue weighted by Gasteiger charge is -2.03. The molecule has 1 amide bonds. The second kappa shape index (κ2) is 10.6. The Bertz CT molecular complexity index is 394. The van der Waals surface area contributed by atoms with Crippen LogP contribution < -0.4 is 5.32 Å². The molecule has 1 N–H and O–H groups in total. The quantitative estimate of drug-likeness (QED) is 0.437. The fraction of sp³-hybridized carbons (Fsp3) is 0.400. The van der Waals surface area contributed by atoms with Crippen LogP contribution in [0.2, 0.25) is 0 Å². The van der Waals surface area contributed by atoms with Crippen LogP contribution in [0, 0.1) is 29.6 Å². The van der Waals surface area contributed by atoms with Gasteiger partial charge in [-0.2, -0.15) is 0 Å². The topological polar surface area (TPSA) is 29.1 Å². The van der Waals surface area contributed by atoms with Crippen LogP contribution in [0.25, 0.3) is 0 Å². The van der Waals surface area contributed by atoms with E-state index in [4.69, 9.17) is 0 Å². The van der Waals surface area contributed by atoms with Crippen molar-refractivity contribution in [3.05, 3.63) is 24.3 Å². The summed E-state index contributed by atoms with van der Waals surface area (Å²) in [5.74, 6) is 11.3. The molecule has 90 valence electrons. The summed E-state index contributed by atoms with van der Waals surface area (Å²) in [5.41, 5.74) is 0. The van der Waals surface area contributed by atoms with Crippen LogP contribution in [0.1, 0.15) is 27.2 Å². The molecule has 0 rings (SSSR count). The van der Waals surface area contributed by atoms with Crippen molar-refractivity contribution in [3.8, 4) is 23.7 Å². The smallest absolute Gasteiger partial charge is 0.243 e. The van der Waals surface area contributed by atoms with Crippen LogP contribution in [0.15, 0.2) is 24.3 Å². The molecule has 2 nitrogen and oxygen atoms in total. The highest BCUT2D eigenvalue weighted by molar-refractivity contribution is 5.87. The molecule has 0 aliphatic heterocycles. The Morgan fingerprint density at radius 1 is 1.29 bits per heavy atom. The van der Waals surface area contributed by atoms with Gasteiger partial charge in [-0.25, -0.2) is 0 Å². The predicted octanol–water partition coefficient (Wildman–Crippen LogP) is 2.29. The average Bonchev–Trinajstić information content (AvgIpc) is 2.30. The number of hydrogen-bond acceptors (Lipinski definition) is 1. The number of hydrogen-bond donors (Lipinski definition) is 1. The number of rotatable bonds is 5. The Kier molecular flexibility index (Phi) is 9.38. The van der Waals surface area contributed by atoms with Crippen LogP contribution >= 0.6 is 0 Å². The normalized spacial score (nSPS) is 9.88. The fourth-order valence-corrected chi connectivity index (χ4v) is 0.870. The molecule has 0 aromatic heterocycles. The van der Waals surface area contributed by atoms with Crippen molar-refractivity contribution in [2.24, 2.45) is 5.92 Å². The minimum absolute atomic E-state index is 0.0636. The van der Waals surface area contributed by atoms with Gasteiger partial charge < -0.3 is 5.32 Å². The molecule has 0 spiro atoms. The van der Waals surface area contributed by atoms with Crippen LogP contribution in [-0.2, 0) is 4.79 Å². The lowest BCUT2D eigenvalue weighted by Crippen LogP contribution is -2.25. The molecule has 0 saturated carbocycles. The Balaban J connectivity index is 3.78. The van der Waals surface area contributed by atoms with Crippen molar-refractivity contribution in [1.82, 2.24) is 5.32 Å². The van der Waals surface area contributed by atoms with Crippen molar-refractivity contribution in [1.29, 1.82) is 0 Å². The van der Waals surface area contributed by atoms with Gasteiger partial charge in [0.15, 0.2) is 0 Å². The van der Waals surface area contributed by atoms with E-state index in [9.17, 15) is 4.79 Å². The maximum absolute atomic E-state index is 11.2. The van der Waals surface area contributed by atoms with Gasteiger partial charge in [0, 0.05) is 19.0 Å². The summed E-state index contributed by atoms with van der Waals surface area (Å²) < 4.78 is 0. The standard InChI is InChI=1S/C15H19NO/c1-4-5-6-7-8-9-10-11-12-15(17)16-13-14(2)3/h9-12,14H,8,13H2,1-3H3,(H,16,17). The van der Waals surface area contributed by atoms with E-state index in [2.05, 4.69) is 42.8 Å². The van der Waals surface area contributed by atoms with E-state index in [-0.39, 0.29) is 5.91 Å². The van der Waals surface area contributed by atoms with E-state index in [1.807, 2.05) is 12.2 Å². The maximum Gasteiger partial charge on any atom is 0.243 e. The van der Waals surface area contributed by atoms with Crippen LogP contribution in [0.5, 0.6) is 0 Å². The van der Waals surface area contributed by atoms with Gasteiger partial charge in [-0.15, -0.1) is 0 Å². The van der Waals surface area contributed by atoms with Gasteiger partial charge in [0.2, 0.25) is 5.91 Å². The van der Waals surface area contributed by atoms with Crippen LogP contribution in [0.3, 0.4) is 0 Å². The molecular formula is C15H19NO. The molecule has 0 unspecified atom stereocenters. The second-order valence-corrected chi connectivity index (χ2v) is 3.81. The molecule has 0 aliphatic carbocycles. The zero-order chi connectivity index (χ0) is 12.9.